The Morgan fingerprint density at radius 1 is 1.28 bits per heavy atom. The number of hydrogen-bond acceptors (Lipinski definition) is 4. The lowest BCUT2D eigenvalue weighted by Crippen LogP contribution is -2.06. The minimum Gasteiger partial charge on any atom is -0.300 e. The van der Waals surface area contributed by atoms with Crippen molar-refractivity contribution in [3.8, 4) is 11.3 Å². The maximum Gasteiger partial charge on any atom is 0.416 e. The van der Waals surface area contributed by atoms with Crippen LogP contribution in [-0.2, 0) is 6.18 Å². The molecule has 0 fully saturated rings. The Morgan fingerprint density at radius 3 is 2.50 bits per heavy atom. The van der Waals surface area contributed by atoms with Gasteiger partial charge in [0.15, 0.2) is 5.13 Å². The Labute approximate surface area is 103 Å². The number of hydrogen-bond donors (Lipinski definition) is 2. The molecular weight excluding hydrogens is 270 g/mol. The van der Waals surface area contributed by atoms with Crippen molar-refractivity contribution in [3.63, 3.8) is 0 Å². The van der Waals surface area contributed by atoms with Crippen molar-refractivity contribution in [1.82, 2.24) is 4.98 Å². The molecule has 0 saturated carbocycles. The Hall–Kier alpha value is -1.67. The molecule has 96 valence electrons. The van der Waals surface area contributed by atoms with E-state index in [1.807, 2.05) is 0 Å². The minimum absolute atomic E-state index is 0.000694. The smallest absolute Gasteiger partial charge is 0.300 e. The first-order chi connectivity index (χ1) is 8.41. The lowest BCUT2D eigenvalue weighted by Gasteiger charge is -2.07. The molecule has 3 N–H and O–H groups in total. The van der Waals surface area contributed by atoms with Crippen LogP contribution in [0.1, 0.15) is 5.56 Å². The summed E-state index contributed by atoms with van der Waals surface area (Å²) in [7, 11) is 0. The average molecular weight is 277 g/mol. The van der Waals surface area contributed by atoms with Crippen molar-refractivity contribution >= 4 is 16.5 Å². The molecule has 3 nitrogen and oxygen atoms in total. The summed E-state index contributed by atoms with van der Waals surface area (Å²) in [6.07, 6.45) is -4.56. The highest BCUT2D eigenvalue weighted by Gasteiger charge is 2.31. The van der Waals surface area contributed by atoms with Gasteiger partial charge in [-0.25, -0.2) is 15.2 Å². The van der Waals surface area contributed by atoms with Gasteiger partial charge >= 0.3 is 6.18 Å². The zero-order valence-electron chi connectivity index (χ0n) is 8.75. The molecule has 1 aromatic carbocycles. The van der Waals surface area contributed by atoms with Crippen LogP contribution in [0.25, 0.3) is 11.3 Å². The van der Waals surface area contributed by atoms with Crippen LogP contribution in [0.5, 0.6) is 0 Å². The van der Waals surface area contributed by atoms with E-state index in [4.69, 9.17) is 5.84 Å². The highest BCUT2D eigenvalue weighted by molar-refractivity contribution is 7.14. The van der Waals surface area contributed by atoms with Gasteiger partial charge < -0.3 is 0 Å². The van der Waals surface area contributed by atoms with Crippen molar-refractivity contribution in [2.24, 2.45) is 5.84 Å². The molecule has 0 amide bonds. The fourth-order valence-corrected chi connectivity index (χ4v) is 1.98. The highest BCUT2D eigenvalue weighted by Crippen LogP contribution is 2.33. The lowest BCUT2D eigenvalue weighted by atomic mass is 10.1. The van der Waals surface area contributed by atoms with Crippen LogP contribution in [0.15, 0.2) is 23.6 Å². The van der Waals surface area contributed by atoms with E-state index < -0.39 is 17.6 Å². The van der Waals surface area contributed by atoms with Gasteiger partial charge in [0.1, 0.15) is 5.82 Å². The van der Waals surface area contributed by atoms with E-state index in [-0.39, 0.29) is 11.3 Å². The summed E-state index contributed by atoms with van der Waals surface area (Å²) in [6.45, 7) is 0. The number of nitrogens with one attached hydrogen (secondary N) is 1. The van der Waals surface area contributed by atoms with Gasteiger partial charge in [0.25, 0.3) is 0 Å². The number of nitrogens with two attached hydrogens (primary N) is 1. The van der Waals surface area contributed by atoms with Crippen LogP contribution in [-0.4, -0.2) is 4.98 Å². The third kappa shape index (κ3) is 2.44. The summed E-state index contributed by atoms with van der Waals surface area (Å²) in [5, 5.41) is 1.85. The molecule has 2 rings (SSSR count). The molecule has 0 aliphatic heterocycles. The molecule has 0 saturated heterocycles. The Morgan fingerprint density at radius 2 is 2.00 bits per heavy atom. The van der Waals surface area contributed by atoms with Crippen LogP contribution in [0.3, 0.4) is 0 Å². The quantitative estimate of drug-likeness (QED) is 0.503. The summed E-state index contributed by atoms with van der Waals surface area (Å²) < 4.78 is 50.7. The second-order valence-electron chi connectivity index (χ2n) is 3.37. The van der Waals surface area contributed by atoms with E-state index >= 15 is 0 Å². The van der Waals surface area contributed by atoms with Crippen LogP contribution in [0.4, 0.5) is 22.7 Å². The average Bonchev–Trinajstić information content (AvgIpc) is 2.76. The second-order valence-corrected chi connectivity index (χ2v) is 4.23. The zero-order valence-corrected chi connectivity index (χ0v) is 9.57. The first-order valence-electron chi connectivity index (χ1n) is 4.71. The van der Waals surface area contributed by atoms with Gasteiger partial charge in [-0.05, 0) is 18.2 Å². The molecule has 0 radical (unpaired) electrons. The predicted octanol–water partition coefficient (Wildman–Crippen LogP) is 3.25. The van der Waals surface area contributed by atoms with Crippen LogP contribution < -0.4 is 11.3 Å². The molecule has 0 aliphatic carbocycles. The van der Waals surface area contributed by atoms with Crippen molar-refractivity contribution in [2.75, 3.05) is 5.43 Å². The number of hydrazine groups is 1. The van der Waals surface area contributed by atoms with Gasteiger partial charge in [-0.1, -0.05) is 0 Å². The van der Waals surface area contributed by atoms with Gasteiger partial charge in [-0.15, -0.1) is 11.3 Å². The number of nitrogen functional groups attached to an aromatic ring is 1. The molecule has 0 bridgehead atoms. The standard InChI is InChI=1S/C10H7F4N3S/c11-7-3-5(10(12,13)14)1-2-6(7)8-4-18-9(16-8)17-15/h1-4H,15H2,(H,16,17). The molecule has 1 heterocycles. The maximum atomic E-state index is 13.6. The Kier molecular flexibility index (Phi) is 3.22. The first kappa shape index (κ1) is 12.8. The number of nitrogens with zero attached hydrogens (tertiary/aromatic N) is 1. The van der Waals surface area contributed by atoms with E-state index in [0.717, 1.165) is 23.5 Å². The number of aromatic nitrogens is 1. The predicted molar refractivity (Wildman–Crippen MR) is 60.3 cm³/mol. The molecule has 2 aromatic rings. The second kappa shape index (κ2) is 4.54. The molecule has 0 atom stereocenters. The summed E-state index contributed by atoms with van der Waals surface area (Å²) in [5.41, 5.74) is 1.48. The van der Waals surface area contributed by atoms with Crippen molar-refractivity contribution in [2.45, 2.75) is 6.18 Å². The topological polar surface area (TPSA) is 50.9 Å². The molecule has 0 spiro atoms. The highest BCUT2D eigenvalue weighted by atomic mass is 32.1. The molecule has 8 heteroatoms. The fourth-order valence-electron chi connectivity index (χ4n) is 1.36. The first-order valence-corrected chi connectivity index (χ1v) is 5.59. The number of thiazole rings is 1. The van der Waals surface area contributed by atoms with Gasteiger partial charge in [-0.2, -0.15) is 13.2 Å². The number of anilines is 1. The third-order valence-electron chi connectivity index (χ3n) is 2.20. The van der Waals surface area contributed by atoms with Gasteiger partial charge in [0, 0.05) is 10.9 Å². The third-order valence-corrected chi connectivity index (χ3v) is 2.97. The molecule has 0 aliphatic rings. The fraction of sp³-hybridized carbons (Fsp3) is 0.100. The molecule has 18 heavy (non-hydrogen) atoms. The summed E-state index contributed by atoms with van der Waals surface area (Å²) in [6, 6.07) is 2.31. The van der Waals surface area contributed by atoms with Gasteiger partial charge in [-0.3, -0.25) is 5.43 Å². The Balaban J connectivity index is 2.41. The lowest BCUT2D eigenvalue weighted by molar-refractivity contribution is -0.137. The van der Waals surface area contributed by atoms with Crippen LogP contribution in [0.2, 0.25) is 0 Å². The summed E-state index contributed by atoms with van der Waals surface area (Å²) in [4.78, 5) is 3.91. The number of rotatable bonds is 2. The van der Waals surface area contributed by atoms with Crippen molar-refractivity contribution in [1.29, 1.82) is 0 Å². The van der Waals surface area contributed by atoms with Crippen molar-refractivity contribution < 1.29 is 17.6 Å². The SMILES string of the molecule is NNc1nc(-c2ccc(C(F)(F)F)cc2F)cs1. The largest absolute Gasteiger partial charge is 0.416 e. The summed E-state index contributed by atoms with van der Waals surface area (Å²) in [5.74, 6) is 4.14. The normalized spacial score (nSPS) is 11.6. The van der Waals surface area contributed by atoms with Gasteiger partial charge in [0.2, 0.25) is 0 Å². The number of halogens is 4. The van der Waals surface area contributed by atoms with E-state index in [0.29, 0.717) is 11.2 Å². The maximum absolute atomic E-state index is 13.6. The Bertz CT molecular complexity index is 564. The zero-order chi connectivity index (χ0) is 13.3. The van der Waals surface area contributed by atoms with Crippen LogP contribution >= 0.6 is 11.3 Å². The van der Waals surface area contributed by atoms with E-state index in [9.17, 15) is 17.6 Å². The monoisotopic (exact) mass is 277 g/mol. The number of benzene rings is 1. The van der Waals surface area contributed by atoms with E-state index in [1.54, 1.807) is 0 Å². The molecule has 0 unspecified atom stereocenters. The van der Waals surface area contributed by atoms with Gasteiger partial charge in [0.05, 0.1) is 11.3 Å². The van der Waals surface area contributed by atoms with E-state index in [1.165, 1.54) is 5.38 Å². The molecule has 1 aromatic heterocycles. The summed E-state index contributed by atoms with van der Waals surface area (Å²) >= 11 is 1.13. The van der Waals surface area contributed by atoms with Crippen LogP contribution in [0, 0.1) is 5.82 Å². The van der Waals surface area contributed by atoms with Crippen molar-refractivity contribution in [3.05, 3.63) is 35.0 Å². The molecular formula is C10H7F4N3S. The minimum atomic E-state index is -4.56. The van der Waals surface area contributed by atoms with E-state index in [2.05, 4.69) is 10.4 Å². The number of alkyl halides is 3.